The van der Waals surface area contributed by atoms with Crippen LogP contribution in [0.1, 0.15) is 12.5 Å². The van der Waals surface area contributed by atoms with Gasteiger partial charge in [-0.2, -0.15) is 4.31 Å². The molecule has 0 unspecified atom stereocenters. The number of H-pyrrole nitrogens is 1. The van der Waals surface area contributed by atoms with Crippen molar-refractivity contribution in [2.75, 3.05) is 6.54 Å². The Hall–Kier alpha value is -2.72. The predicted octanol–water partition coefficient (Wildman–Crippen LogP) is 0.426. The Bertz CT molecular complexity index is 1130. The van der Waals surface area contributed by atoms with Crippen molar-refractivity contribution >= 4 is 21.1 Å². The van der Waals surface area contributed by atoms with Gasteiger partial charge in [0.05, 0.1) is 17.9 Å². The van der Waals surface area contributed by atoms with E-state index in [0.717, 1.165) is 10.8 Å². The molecule has 10 heteroatoms. The van der Waals surface area contributed by atoms with Crippen molar-refractivity contribution in [2.24, 2.45) is 7.05 Å². The number of aromatic amines is 1. The number of pyridine rings is 1. The van der Waals surface area contributed by atoms with Gasteiger partial charge < -0.3 is 4.42 Å². The second-order valence-electron chi connectivity index (χ2n) is 5.42. The fourth-order valence-electron chi connectivity index (χ4n) is 2.46. The van der Waals surface area contributed by atoms with E-state index in [4.69, 9.17) is 4.42 Å². The highest BCUT2D eigenvalue weighted by Crippen LogP contribution is 2.19. The maximum Gasteiger partial charge on any atom is 0.329 e. The zero-order valence-corrected chi connectivity index (χ0v) is 14.4. The van der Waals surface area contributed by atoms with Crippen LogP contribution in [0, 0.1) is 0 Å². The summed E-state index contributed by atoms with van der Waals surface area (Å²) in [4.78, 5) is 29.6. The molecule has 3 aromatic heterocycles. The normalized spacial score (nSPS) is 12.1. The molecule has 0 saturated heterocycles. The molecule has 0 saturated carbocycles. The Morgan fingerprint density at radius 2 is 2.12 bits per heavy atom. The van der Waals surface area contributed by atoms with Crippen LogP contribution >= 0.6 is 0 Å². The van der Waals surface area contributed by atoms with Crippen molar-refractivity contribution in [1.29, 1.82) is 0 Å². The number of nitrogens with one attached hydrogen (secondary N) is 1. The Balaban J connectivity index is 2.10. The van der Waals surface area contributed by atoms with Gasteiger partial charge in [-0.1, -0.05) is 6.92 Å². The number of fused-ring (bicyclic) bond motifs is 1. The molecule has 3 aromatic rings. The standard InChI is InChI=1S/C15H16N4O5S/c1-3-19(8-10-4-5-24-9-10)25(22,23)11-6-12-13(16-7-11)18(2)15(21)17-14(12)20/h4-7,9H,3,8H2,1-2H3,(H,17,20,21). The molecule has 3 heterocycles. The quantitative estimate of drug-likeness (QED) is 0.701. The molecule has 9 nitrogen and oxygen atoms in total. The summed E-state index contributed by atoms with van der Waals surface area (Å²) in [6.45, 7) is 2.08. The molecule has 0 bridgehead atoms. The molecule has 0 radical (unpaired) electrons. The lowest BCUT2D eigenvalue weighted by atomic mass is 10.3. The van der Waals surface area contributed by atoms with Gasteiger partial charge in [0.15, 0.2) is 0 Å². The van der Waals surface area contributed by atoms with Gasteiger partial charge in [-0.25, -0.2) is 18.2 Å². The van der Waals surface area contributed by atoms with Crippen LogP contribution in [0.3, 0.4) is 0 Å². The van der Waals surface area contributed by atoms with Crippen LogP contribution in [0.2, 0.25) is 0 Å². The lowest BCUT2D eigenvalue weighted by Crippen LogP contribution is -2.32. The van der Waals surface area contributed by atoms with E-state index >= 15 is 0 Å². The number of nitrogens with zero attached hydrogens (tertiary/aromatic N) is 3. The molecule has 25 heavy (non-hydrogen) atoms. The average Bonchev–Trinajstić information content (AvgIpc) is 3.10. The zero-order valence-electron chi connectivity index (χ0n) is 13.6. The fraction of sp³-hybridized carbons (Fsp3) is 0.267. The highest BCUT2D eigenvalue weighted by Gasteiger charge is 2.25. The van der Waals surface area contributed by atoms with Gasteiger partial charge >= 0.3 is 5.69 Å². The minimum Gasteiger partial charge on any atom is -0.472 e. The molecular formula is C15H16N4O5S. The maximum atomic E-state index is 12.9. The van der Waals surface area contributed by atoms with E-state index in [9.17, 15) is 18.0 Å². The SMILES string of the molecule is CCN(Cc1ccoc1)S(=O)(=O)c1cnc2c(c1)c(=O)[nH]c(=O)n2C. The van der Waals surface area contributed by atoms with Crippen molar-refractivity contribution in [1.82, 2.24) is 18.8 Å². The largest absolute Gasteiger partial charge is 0.472 e. The predicted molar refractivity (Wildman–Crippen MR) is 89.6 cm³/mol. The molecule has 0 aromatic carbocycles. The van der Waals surface area contributed by atoms with Crippen molar-refractivity contribution in [3.63, 3.8) is 0 Å². The maximum absolute atomic E-state index is 12.9. The summed E-state index contributed by atoms with van der Waals surface area (Å²) in [5.41, 5.74) is -0.471. The van der Waals surface area contributed by atoms with Crippen LogP contribution in [0.5, 0.6) is 0 Å². The van der Waals surface area contributed by atoms with E-state index in [1.165, 1.54) is 29.9 Å². The third-order valence-electron chi connectivity index (χ3n) is 3.86. The number of rotatable bonds is 5. The molecule has 0 aliphatic carbocycles. The van der Waals surface area contributed by atoms with Gasteiger partial charge in [-0.3, -0.25) is 14.3 Å². The summed E-state index contributed by atoms with van der Waals surface area (Å²) in [5.74, 6) is 0. The summed E-state index contributed by atoms with van der Waals surface area (Å²) in [5, 5.41) is 0.0301. The monoisotopic (exact) mass is 364 g/mol. The molecule has 3 rings (SSSR count). The lowest BCUT2D eigenvalue weighted by Gasteiger charge is -2.19. The Morgan fingerprint density at radius 3 is 2.76 bits per heavy atom. The molecular weight excluding hydrogens is 348 g/mol. The van der Waals surface area contributed by atoms with E-state index in [0.29, 0.717) is 5.56 Å². The number of hydrogen-bond donors (Lipinski definition) is 1. The van der Waals surface area contributed by atoms with E-state index in [2.05, 4.69) is 9.97 Å². The highest BCUT2D eigenvalue weighted by atomic mass is 32.2. The third-order valence-corrected chi connectivity index (χ3v) is 5.74. The van der Waals surface area contributed by atoms with Crippen molar-refractivity contribution in [3.8, 4) is 0 Å². The first-order valence-electron chi connectivity index (χ1n) is 7.45. The van der Waals surface area contributed by atoms with E-state index in [1.807, 2.05) is 0 Å². The van der Waals surface area contributed by atoms with Gasteiger partial charge in [0.25, 0.3) is 5.56 Å². The first-order chi connectivity index (χ1) is 11.8. The van der Waals surface area contributed by atoms with Crippen LogP contribution in [0.25, 0.3) is 11.0 Å². The van der Waals surface area contributed by atoms with Crippen LogP contribution in [0.15, 0.2) is 49.8 Å². The minimum atomic E-state index is -3.87. The molecule has 0 spiro atoms. The second-order valence-corrected chi connectivity index (χ2v) is 7.36. The number of sulfonamides is 1. The zero-order chi connectivity index (χ0) is 18.2. The summed E-state index contributed by atoms with van der Waals surface area (Å²) in [6.07, 6.45) is 4.08. The summed E-state index contributed by atoms with van der Waals surface area (Å²) < 4.78 is 33.1. The van der Waals surface area contributed by atoms with Crippen molar-refractivity contribution in [2.45, 2.75) is 18.4 Å². The first-order valence-corrected chi connectivity index (χ1v) is 8.89. The van der Waals surface area contributed by atoms with Crippen LogP contribution in [-0.4, -0.2) is 33.8 Å². The smallest absolute Gasteiger partial charge is 0.329 e. The molecule has 132 valence electrons. The van der Waals surface area contributed by atoms with Crippen LogP contribution in [0.4, 0.5) is 0 Å². The van der Waals surface area contributed by atoms with Gasteiger partial charge in [0.2, 0.25) is 10.0 Å². The Kier molecular flexibility index (Phi) is 4.31. The third kappa shape index (κ3) is 3.01. The Labute approximate surface area is 142 Å². The Morgan fingerprint density at radius 1 is 1.36 bits per heavy atom. The average molecular weight is 364 g/mol. The molecule has 0 atom stereocenters. The molecule has 0 fully saturated rings. The summed E-state index contributed by atoms with van der Waals surface area (Å²) >= 11 is 0. The fourth-order valence-corrected chi connectivity index (χ4v) is 3.87. The van der Waals surface area contributed by atoms with Crippen LogP contribution < -0.4 is 11.2 Å². The lowest BCUT2D eigenvalue weighted by molar-refractivity contribution is 0.421. The van der Waals surface area contributed by atoms with E-state index in [-0.39, 0.29) is 29.0 Å². The molecule has 0 aliphatic rings. The number of aromatic nitrogens is 3. The second kappa shape index (κ2) is 6.30. The molecule has 0 aliphatic heterocycles. The first kappa shape index (κ1) is 17.1. The van der Waals surface area contributed by atoms with Gasteiger partial charge in [0, 0.05) is 31.9 Å². The van der Waals surface area contributed by atoms with Gasteiger partial charge in [-0.15, -0.1) is 0 Å². The summed E-state index contributed by atoms with van der Waals surface area (Å²) in [6, 6.07) is 2.91. The van der Waals surface area contributed by atoms with Gasteiger partial charge in [0.1, 0.15) is 10.5 Å². The topological polar surface area (TPSA) is 118 Å². The number of furan rings is 1. The van der Waals surface area contributed by atoms with Gasteiger partial charge in [-0.05, 0) is 12.1 Å². The molecule has 1 N–H and O–H groups in total. The number of aryl methyl sites for hydroxylation is 1. The van der Waals surface area contributed by atoms with Crippen molar-refractivity contribution < 1.29 is 12.8 Å². The van der Waals surface area contributed by atoms with E-state index < -0.39 is 21.3 Å². The minimum absolute atomic E-state index is 0.0301. The molecule has 0 amide bonds. The summed E-state index contributed by atoms with van der Waals surface area (Å²) in [7, 11) is -2.43. The van der Waals surface area contributed by atoms with Crippen molar-refractivity contribution in [3.05, 3.63) is 57.3 Å². The van der Waals surface area contributed by atoms with E-state index in [1.54, 1.807) is 13.0 Å². The van der Waals surface area contributed by atoms with Crippen LogP contribution in [-0.2, 0) is 23.6 Å². The highest BCUT2D eigenvalue weighted by molar-refractivity contribution is 7.89. The number of hydrogen-bond acceptors (Lipinski definition) is 6.